The molecule has 0 radical (unpaired) electrons. The summed E-state index contributed by atoms with van der Waals surface area (Å²) in [6, 6.07) is 11.4. The lowest BCUT2D eigenvalue weighted by atomic mass is 9.97. The molecule has 1 fully saturated rings. The quantitative estimate of drug-likeness (QED) is 0.753. The molecule has 0 unspecified atom stereocenters. The highest BCUT2D eigenvalue weighted by Crippen LogP contribution is 2.46. The Morgan fingerprint density at radius 2 is 1.96 bits per heavy atom. The number of benzene rings is 2. The van der Waals surface area contributed by atoms with Gasteiger partial charge in [-0.1, -0.05) is 30.3 Å². The van der Waals surface area contributed by atoms with Crippen molar-refractivity contribution in [1.29, 1.82) is 5.41 Å². The number of amidine groups is 1. The number of allylic oxidation sites excluding steroid dienone is 1. The summed E-state index contributed by atoms with van der Waals surface area (Å²) in [5.74, 6) is 2.03. The summed E-state index contributed by atoms with van der Waals surface area (Å²) in [6.45, 7) is 4.42. The van der Waals surface area contributed by atoms with Gasteiger partial charge < -0.3 is 19.1 Å². The van der Waals surface area contributed by atoms with Crippen LogP contribution in [0.25, 0.3) is 0 Å². The van der Waals surface area contributed by atoms with Crippen LogP contribution in [0.1, 0.15) is 30.1 Å². The number of nitrogens with zero attached hydrogens (tertiary/aromatic N) is 1. The lowest BCUT2D eigenvalue weighted by Crippen LogP contribution is -2.32. The molecule has 4 rings (SSSR count). The van der Waals surface area contributed by atoms with Crippen LogP contribution in [0, 0.1) is 11.3 Å². The van der Waals surface area contributed by atoms with E-state index in [0.717, 1.165) is 35.4 Å². The van der Waals surface area contributed by atoms with Gasteiger partial charge in [0.05, 0.1) is 19.9 Å². The fraction of sp³-hybridized carbons (Fsp3) is 0.318. The minimum Gasteiger partial charge on any atom is -0.493 e. The van der Waals surface area contributed by atoms with E-state index in [1.54, 1.807) is 14.2 Å². The molecule has 0 bridgehead atoms. The Kier molecular flexibility index (Phi) is 5.04. The standard InChI is InChI=1S/C22H23ClN2O3/c1-13(14-7-8-14)25-18-10-9-15(23)11-17(18)21(28-12-20(25)24)16-5-4-6-19(26-2)22(16)27-3/h4-6,9-11,14,21,24H,1,7-8,12H2,2-3H3/t21-/m1/s1. The van der Waals surface area contributed by atoms with E-state index in [0.29, 0.717) is 28.3 Å². The number of methoxy groups -OCH3 is 2. The first-order chi connectivity index (χ1) is 13.5. The molecule has 1 aliphatic carbocycles. The first-order valence-electron chi connectivity index (χ1n) is 9.23. The zero-order valence-corrected chi connectivity index (χ0v) is 16.8. The van der Waals surface area contributed by atoms with Gasteiger partial charge in [-0.15, -0.1) is 0 Å². The van der Waals surface area contributed by atoms with Crippen LogP contribution in [0.3, 0.4) is 0 Å². The second-order valence-electron chi connectivity index (χ2n) is 7.02. The van der Waals surface area contributed by atoms with Crippen molar-refractivity contribution < 1.29 is 14.2 Å². The maximum atomic E-state index is 8.60. The largest absolute Gasteiger partial charge is 0.493 e. The van der Waals surface area contributed by atoms with Crippen LogP contribution in [0.2, 0.25) is 5.02 Å². The average Bonchev–Trinajstić information content (AvgIpc) is 3.54. The van der Waals surface area contributed by atoms with Crippen LogP contribution < -0.4 is 14.4 Å². The van der Waals surface area contributed by atoms with Crippen LogP contribution in [0.15, 0.2) is 48.7 Å². The van der Waals surface area contributed by atoms with Crippen molar-refractivity contribution in [2.24, 2.45) is 5.92 Å². The van der Waals surface area contributed by atoms with Gasteiger partial charge in [0.1, 0.15) is 18.5 Å². The lowest BCUT2D eigenvalue weighted by Gasteiger charge is -2.27. The summed E-state index contributed by atoms with van der Waals surface area (Å²) in [4.78, 5) is 1.91. The predicted molar refractivity (Wildman–Crippen MR) is 111 cm³/mol. The van der Waals surface area contributed by atoms with Gasteiger partial charge in [0, 0.05) is 21.8 Å². The Balaban J connectivity index is 1.88. The monoisotopic (exact) mass is 398 g/mol. The SMILES string of the molecule is C=C(C1CC1)N1C(=N)CO[C@H](c2cccc(OC)c2OC)c2cc(Cl)ccc21. The van der Waals surface area contributed by atoms with Crippen LogP contribution >= 0.6 is 11.6 Å². The lowest BCUT2D eigenvalue weighted by molar-refractivity contribution is 0.112. The highest BCUT2D eigenvalue weighted by atomic mass is 35.5. The van der Waals surface area contributed by atoms with E-state index >= 15 is 0 Å². The average molecular weight is 399 g/mol. The number of hydrogen-bond acceptors (Lipinski definition) is 4. The van der Waals surface area contributed by atoms with Gasteiger partial charge >= 0.3 is 0 Å². The molecule has 2 aromatic rings. The second-order valence-corrected chi connectivity index (χ2v) is 7.46. The Morgan fingerprint density at radius 1 is 1.18 bits per heavy atom. The Morgan fingerprint density at radius 3 is 2.64 bits per heavy atom. The zero-order valence-electron chi connectivity index (χ0n) is 16.0. The Bertz CT molecular complexity index is 939. The van der Waals surface area contributed by atoms with Gasteiger partial charge in [0.15, 0.2) is 11.5 Å². The van der Waals surface area contributed by atoms with Crippen molar-refractivity contribution in [3.63, 3.8) is 0 Å². The molecule has 1 saturated carbocycles. The fourth-order valence-electron chi connectivity index (χ4n) is 3.70. The van der Waals surface area contributed by atoms with Crippen LogP contribution in [0.4, 0.5) is 5.69 Å². The molecule has 1 atom stereocenters. The third-order valence-corrected chi connectivity index (χ3v) is 5.46. The van der Waals surface area contributed by atoms with Gasteiger partial charge in [-0.2, -0.15) is 0 Å². The maximum Gasteiger partial charge on any atom is 0.166 e. The first-order valence-corrected chi connectivity index (χ1v) is 9.61. The van der Waals surface area contributed by atoms with Gasteiger partial charge in [-0.3, -0.25) is 5.41 Å². The molecule has 28 heavy (non-hydrogen) atoms. The van der Waals surface area contributed by atoms with E-state index in [1.165, 1.54) is 0 Å². The van der Waals surface area contributed by atoms with Crippen molar-refractivity contribution in [2.75, 3.05) is 25.7 Å². The first kappa shape index (κ1) is 18.8. The summed E-state index contributed by atoms with van der Waals surface area (Å²) in [5.41, 5.74) is 3.52. The molecule has 146 valence electrons. The molecule has 1 N–H and O–H groups in total. The molecule has 6 heteroatoms. The second kappa shape index (κ2) is 7.49. The van der Waals surface area contributed by atoms with Crippen molar-refractivity contribution in [2.45, 2.75) is 18.9 Å². The number of ether oxygens (including phenoxy) is 3. The minimum atomic E-state index is -0.448. The van der Waals surface area contributed by atoms with E-state index in [4.69, 9.17) is 31.2 Å². The topological polar surface area (TPSA) is 54.8 Å². The van der Waals surface area contributed by atoms with Gasteiger partial charge in [-0.05, 0) is 43.0 Å². The number of halogens is 1. The number of anilines is 1. The molecular formula is C22H23ClN2O3. The van der Waals surface area contributed by atoms with Crippen molar-refractivity contribution in [1.82, 2.24) is 0 Å². The molecule has 0 spiro atoms. The van der Waals surface area contributed by atoms with Crippen LogP contribution in [-0.2, 0) is 4.74 Å². The molecule has 0 aromatic heterocycles. The zero-order chi connectivity index (χ0) is 19.8. The third kappa shape index (κ3) is 3.25. The summed E-state index contributed by atoms with van der Waals surface area (Å²) in [7, 11) is 3.22. The molecule has 1 heterocycles. The maximum absolute atomic E-state index is 8.60. The number of hydrogen-bond donors (Lipinski definition) is 1. The molecule has 0 amide bonds. The fourth-order valence-corrected chi connectivity index (χ4v) is 3.88. The van der Waals surface area contributed by atoms with Gasteiger partial charge in [-0.25, -0.2) is 0 Å². The van der Waals surface area contributed by atoms with E-state index < -0.39 is 6.10 Å². The van der Waals surface area contributed by atoms with Gasteiger partial charge in [0.25, 0.3) is 0 Å². The molecule has 2 aromatic carbocycles. The van der Waals surface area contributed by atoms with E-state index in [2.05, 4.69) is 6.58 Å². The normalized spacial score (nSPS) is 19.0. The number of rotatable bonds is 5. The highest BCUT2D eigenvalue weighted by molar-refractivity contribution is 6.30. The van der Waals surface area contributed by atoms with Crippen LogP contribution in [0.5, 0.6) is 11.5 Å². The summed E-state index contributed by atoms with van der Waals surface area (Å²) >= 11 is 6.35. The van der Waals surface area contributed by atoms with E-state index in [-0.39, 0.29) is 6.61 Å². The Labute approximate surface area is 170 Å². The van der Waals surface area contributed by atoms with Crippen molar-refractivity contribution in [3.05, 3.63) is 64.8 Å². The predicted octanol–water partition coefficient (Wildman–Crippen LogP) is 5.18. The van der Waals surface area contributed by atoms with Crippen molar-refractivity contribution >= 4 is 23.1 Å². The number of fused-ring (bicyclic) bond motifs is 1. The van der Waals surface area contributed by atoms with E-state index in [9.17, 15) is 0 Å². The van der Waals surface area contributed by atoms with Crippen LogP contribution in [-0.4, -0.2) is 26.7 Å². The van der Waals surface area contributed by atoms with Crippen molar-refractivity contribution in [3.8, 4) is 11.5 Å². The third-order valence-electron chi connectivity index (χ3n) is 5.22. The molecular weight excluding hydrogens is 376 g/mol. The molecule has 2 aliphatic rings. The highest BCUT2D eigenvalue weighted by Gasteiger charge is 2.36. The molecule has 0 saturated heterocycles. The molecule has 5 nitrogen and oxygen atoms in total. The van der Waals surface area contributed by atoms with E-state index in [1.807, 2.05) is 41.3 Å². The number of para-hydroxylation sites is 1. The summed E-state index contributed by atoms with van der Waals surface area (Å²) in [6.07, 6.45) is 1.77. The molecule has 1 aliphatic heterocycles. The Hall–Kier alpha value is -2.50. The number of nitrogens with one attached hydrogen (secondary N) is 1. The minimum absolute atomic E-state index is 0.156. The smallest absolute Gasteiger partial charge is 0.166 e. The summed E-state index contributed by atoms with van der Waals surface area (Å²) in [5, 5.41) is 9.21. The summed E-state index contributed by atoms with van der Waals surface area (Å²) < 4.78 is 17.3. The van der Waals surface area contributed by atoms with Gasteiger partial charge in [0.2, 0.25) is 0 Å².